The Balaban J connectivity index is 1.66. The van der Waals surface area contributed by atoms with Crippen LogP contribution in [0.15, 0.2) is 61.2 Å². The van der Waals surface area contributed by atoms with E-state index in [0.29, 0.717) is 0 Å². The molecule has 0 bridgehead atoms. The van der Waals surface area contributed by atoms with Crippen LogP contribution in [0.2, 0.25) is 0 Å². The lowest BCUT2D eigenvalue weighted by molar-refractivity contribution is -0.145. The Hall–Kier alpha value is -3.65. The Bertz CT molecular complexity index is 974. The summed E-state index contributed by atoms with van der Waals surface area (Å²) in [4.78, 5) is 36.1. The standard InChI is InChI=1S/C24H26N2O6/c1-3-8-20(22(28)26-21(14(2)27)23(29)30)25-24(31)32-13-19-17-11-6-4-9-15(17)16-10-5-7-12-18(16)19/h3-7,9-12,14,19-21,27H,1,8,13H2,2H3,(H,25,31)(H,26,28)(H,29,30). The van der Waals surface area contributed by atoms with E-state index in [1.807, 2.05) is 48.5 Å². The summed E-state index contributed by atoms with van der Waals surface area (Å²) >= 11 is 0. The van der Waals surface area contributed by atoms with Gasteiger partial charge in [-0.2, -0.15) is 0 Å². The Morgan fingerprint density at radius 2 is 1.62 bits per heavy atom. The summed E-state index contributed by atoms with van der Waals surface area (Å²) in [6.45, 7) is 4.89. The fraction of sp³-hybridized carbons (Fsp3) is 0.292. The molecule has 2 amide bonds. The minimum Gasteiger partial charge on any atom is -0.480 e. The van der Waals surface area contributed by atoms with Gasteiger partial charge < -0.3 is 25.6 Å². The first-order valence-electron chi connectivity index (χ1n) is 10.3. The molecule has 3 atom stereocenters. The van der Waals surface area contributed by atoms with Crippen molar-refractivity contribution in [2.45, 2.75) is 37.5 Å². The largest absolute Gasteiger partial charge is 0.480 e. The van der Waals surface area contributed by atoms with Crippen molar-refractivity contribution in [3.8, 4) is 11.1 Å². The summed E-state index contributed by atoms with van der Waals surface area (Å²) in [7, 11) is 0. The molecule has 8 heteroatoms. The number of alkyl carbamates (subject to hydrolysis) is 1. The first kappa shape index (κ1) is 23.0. The summed E-state index contributed by atoms with van der Waals surface area (Å²) in [5.74, 6) is -2.27. The third kappa shape index (κ3) is 4.97. The second kappa shape index (κ2) is 10.1. The molecular weight excluding hydrogens is 412 g/mol. The van der Waals surface area contributed by atoms with Gasteiger partial charge in [-0.25, -0.2) is 9.59 Å². The molecule has 0 heterocycles. The monoisotopic (exact) mass is 438 g/mol. The number of benzene rings is 2. The Morgan fingerprint density at radius 1 is 1.06 bits per heavy atom. The van der Waals surface area contributed by atoms with Crippen molar-refractivity contribution >= 4 is 18.0 Å². The number of hydrogen-bond acceptors (Lipinski definition) is 5. The van der Waals surface area contributed by atoms with Gasteiger partial charge in [-0.3, -0.25) is 4.79 Å². The van der Waals surface area contributed by atoms with Crippen molar-refractivity contribution < 1.29 is 29.3 Å². The maximum atomic E-state index is 12.5. The number of aliphatic carboxylic acids is 1. The molecule has 0 fully saturated rings. The van der Waals surface area contributed by atoms with Crippen LogP contribution in [0.1, 0.15) is 30.4 Å². The second-order valence-corrected chi connectivity index (χ2v) is 7.61. The number of aliphatic hydroxyl groups excluding tert-OH is 1. The third-order valence-electron chi connectivity index (χ3n) is 5.40. The zero-order valence-electron chi connectivity index (χ0n) is 17.7. The molecule has 1 aliphatic carbocycles. The fourth-order valence-electron chi connectivity index (χ4n) is 3.82. The van der Waals surface area contributed by atoms with Crippen LogP contribution in [0, 0.1) is 0 Å². The summed E-state index contributed by atoms with van der Waals surface area (Å²) in [5, 5.41) is 23.4. The van der Waals surface area contributed by atoms with Crippen LogP contribution in [-0.2, 0) is 14.3 Å². The van der Waals surface area contributed by atoms with Crippen molar-refractivity contribution in [3.63, 3.8) is 0 Å². The van der Waals surface area contributed by atoms with Gasteiger partial charge in [-0.1, -0.05) is 54.6 Å². The van der Waals surface area contributed by atoms with Gasteiger partial charge in [0.1, 0.15) is 12.6 Å². The van der Waals surface area contributed by atoms with E-state index in [2.05, 4.69) is 17.2 Å². The molecule has 0 saturated carbocycles. The molecule has 2 aromatic carbocycles. The number of carboxylic acid groups (broad SMARTS) is 1. The third-order valence-corrected chi connectivity index (χ3v) is 5.40. The molecule has 0 aliphatic heterocycles. The van der Waals surface area contributed by atoms with E-state index in [1.54, 1.807) is 0 Å². The van der Waals surface area contributed by atoms with E-state index >= 15 is 0 Å². The number of rotatable bonds is 9. The number of hydrogen-bond donors (Lipinski definition) is 4. The van der Waals surface area contributed by atoms with Crippen LogP contribution in [0.5, 0.6) is 0 Å². The lowest BCUT2D eigenvalue weighted by Crippen LogP contribution is -2.54. The molecule has 2 aromatic rings. The van der Waals surface area contributed by atoms with Crippen LogP contribution >= 0.6 is 0 Å². The maximum absolute atomic E-state index is 12.5. The average Bonchev–Trinajstić information content (AvgIpc) is 3.09. The van der Waals surface area contributed by atoms with E-state index in [1.165, 1.54) is 13.0 Å². The van der Waals surface area contributed by atoms with Gasteiger partial charge >= 0.3 is 12.1 Å². The minimum atomic E-state index is -1.50. The molecule has 0 radical (unpaired) electrons. The number of nitrogens with one attached hydrogen (secondary N) is 2. The highest BCUT2D eigenvalue weighted by atomic mass is 16.5. The molecule has 4 N–H and O–H groups in total. The molecule has 0 spiro atoms. The minimum absolute atomic E-state index is 0.0577. The van der Waals surface area contributed by atoms with Gasteiger partial charge in [0.15, 0.2) is 6.04 Å². The molecule has 8 nitrogen and oxygen atoms in total. The second-order valence-electron chi connectivity index (χ2n) is 7.61. The van der Waals surface area contributed by atoms with E-state index in [4.69, 9.17) is 9.84 Å². The Kier molecular flexibility index (Phi) is 7.27. The highest BCUT2D eigenvalue weighted by Gasteiger charge is 2.31. The normalized spacial score (nSPS) is 14.9. The fourth-order valence-corrected chi connectivity index (χ4v) is 3.82. The molecule has 0 saturated heterocycles. The Morgan fingerprint density at radius 3 is 2.12 bits per heavy atom. The average molecular weight is 438 g/mol. The van der Waals surface area contributed by atoms with Gasteiger partial charge in [0.25, 0.3) is 0 Å². The lowest BCUT2D eigenvalue weighted by Gasteiger charge is -2.22. The SMILES string of the molecule is C=CCC(NC(=O)OCC1c2ccccc2-c2ccccc21)C(=O)NC(C(=O)O)C(C)O. The number of fused-ring (bicyclic) bond motifs is 3. The molecule has 1 aliphatic rings. The smallest absolute Gasteiger partial charge is 0.407 e. The van der Waals surface area contributed by atoms with Crippen LogP contribution < -0.4 is 10.6 Å². The van der Waals surface area contributed by atoms with Crippen LogP contribution in [0.25, 0.3) is 11.1 Å². The van der Waals surface area contributed by atoms with Gasteiger partial charge in [0.05, 0.1) is 6.10 Å². The first-order valence-corrected chi connectivity index (χ1v) is 10.3. The molecule has 32 heavy (non-hydrogen) atoms. The van der Waals surface area contributed by atoms with Crippen molar-refractivity contribution in [1.82, 2.24) is 10.6 Å². The van der Waals surface area contributed by atoms with Gasteiger partial charge in [0, 0.05) is 5.92 Å². The molecule has 0 aromatic heterocycles. The lowest BCUT2D eigenvalue weighted by atomic mass is 9.98. The zero-order valence-corrected chi connectivity index (χ0v) is 17.7. The van der Waals surface area contributed by atoms with Gasteiger partial charge in [-0.15, -0.1) is 6.58 Å². The number of carboxylic acids is 1. The quantitative estimate of drug-likeness (QED) is 0.446. The molecular formula is C24H26N2O6. The first-order chi connectivity index (χ1) is 15.3. The summed E-state index contributed by atoms with van der Waals surface area (Å²) in [6, 6.07) is 13.2. The van der Waals surface area contributed by atoms with Crippen LogP contribution in [-0.4, -0.2) is 53.0 Å². The van der Waals surface area contributed by atoms with Crippen molar-refractivity contribution in [2.75, 3.05) is 6.61 Å². The maximum Gasteiger partial charge on any atom is 0.407 e. The van der Waals surface area contributed by atoms with Crippen LogP contribution in [0.3, 0.4) is 0 Å². The van der Waals surface area contributed by atoms with E-state index in [-0.39, 0.29) is 18.9 Å². The molecule has 3 rings (SSSR count). The number of ether oxygens (including phenoxy) is 1. The van der Waals surface area contributed by atoms with E-state index in [9.17, 15) is 19.5 Å². The predicted octanol–water partition coefficient (Wildman–Crippen LogP) is 2.42. The highest BCUT2D eigenvalue weighted by molar-refractivity contribution is 5.89. The summed E-state index contributed by atoms with van der Waals surface area (Å²) in [5.41, 5.74) is 4.31. The van der Waals surface area contributed by atoms with E-state index in [0.717, 1.165) is 22.3 Å². The Labute approximate surface area is 185 Å². The number of carbonyl (C=O) groups is 3. The topological polar surface area (TPSA) is 125 Å². The van der Waals surface area contributed by atoms with Gasteiger partial charge in [0.2, 0.25) is 5.91 Å². The van der Waals surface area contributed by atoms with Gasteiger partial charge in [-0.05, 0) is 35.6 Å². The molecule has 168 valence electrons. The highest BCUT2D eigenvalue weighted by Crippen LogP contribution is 2.44. The summed E-state index contributed by atoms with van der Waals surface area (Å²) in [6.07, 6.45) is -0.637. The predicted molar refractivity (Wildman–Crippen MR) is 118 cm³/mol. The molecule has 3 unspecified atom stereocenters. The zero-order chi connectivity index (χ0) is 23.3. The van der Waals surface area contributed by atoms with Crippen molar-refractivity contribution in [3.05, 3.63) is 72.3 Å². The summed E-state index contributed by atoms with van der Waals surface area (Å²) < 4.78 is 5.44. The van der Waals surface area contributed by atoms with Crippen molar-refractivity contribution in [2.24, 2.45) is 0 Å². The number of aliphatic hydroxyl groups is 1. The van der Waals surface area contributed by atoms with Crippen LogP contribution in [0.4, 0.5) is 4.79 Å². The number of amides is 2. The van der Waals surface area contributed by atoms with Crippen molar-refractivity contribution in [1.29, 1.82) is 0 Å². The number of carbonyl (C=O) groups excluding carboxylic acids is 2. The van der Waals surface area contributed by atoms with E-state index < -0.39 is 36.2 Å².